The molecule has 0 aliphatic carbocycles. The molecule has 0 bridgehead atoms. The number of rotatable bonds is 2. The van der Waals surface area contributed by atoms with Gasteiger partial charge in [0.25, 0.3) is 11.2 Å². The maximum Gasteiger partial charge on any atom is 0.335 e. The van der Waals surface area contributed by atoms with Gasteiger partial charge < -0.3 is 5.11 Å². The molecule has 0 spiro atoms. The van der Waals surface area contributed by atoms with Crippen molar-refractivity contribution in [1.82, 2.24) is 9.55 Å². The molecule has 2 aromatic rings. The van der Waals surface area contributed by atoms with Crippen LogP contribution in [-0.4, -0.2) is 19.6 Å². The number of H-pyrrole nitrogens is 1. The van der Waals surface area contributed by atoms with Crippen molar-refractivity contribution >= 4 is 5.69 Å². The zero-order valence-corrected chi connectivity index (χ0v) is 10.1. The zero-order chi connectivity index (χ0) is 15.0. The van der Waals surface area contributed by atoms with Crippen LogP contribution in [0.15, 0.2) is 27.8 Å². The van der Waals surface area contributed by atoms with Crippen molar-refractivity contribution in [2.75, 3.05) is 0 Å². The third-order valence-electron chi connectivity index (χ3n) is 2.67. The quantitative estimate of drug-likeness (QED) is 0.616. The highest BCUT2D eigenvalue weighted by atomic mass is 19.1. The Labute approximate surface area is 109 Å². The van der Waals surface area contributed by atoms with Crippen molar-refractivity contribution < 1.29 is 14.4 Å². The lowest BCUT2D eigenvalue weighted by Crippen LogP contribution is -2.30. The number of aromatic amines is 1. The van der Waals surface area contributed by atoms with E-state index in [1.165, 1.54) is 13.0 Å². The fraction of sp³-hybridized carbons (Fsp3) is 0.0909. The Bertz CT molecular complexity index is 824. The van der Waals surface area contributed by atoms with E-state index in [1.807, 2.05) is 0 Å². The zero-order valence-electron chi connectivity index (χ0n) is 10.1. The van der Waals surface area contributed by atoms with Gasteiger partial charge in [0.15, 0.2) is 0 Å². The van der Waals surface area contributed by atoms with Crippen LogP contribution < -0.4 is 11.2 Å². The molecule has 2 N–H and O–H groups in total. The minimum Gasteiger partial charge on any atom is -0.492 e. The number of hydrogen-bond donors (Lipinski definition) is 2. The van der Waals surface area contributed by atoms with E-state index in [4.69, 9.17) is 0 Å². The molecule has 0 saturated carbocycles. The highest BCUT2D eigenvalue weighted by molar-refractivity contribution is 5.48. The Morgan fingerprint density at radius 2 is 2.05 bits per heavy atom. The van der Waals surface area contributed by atoms with E-state index in [-0.39, 0.29) is 16.9 Å². The van der Waals surface area contributed by atoms with Crippen LogP contribution in [-0.2, 0) is 0 Å². The van der Waals surface area contributed by atoms with E-state index < -0.39 is 27.9 Å². The lowest BCUT2D eigenvalue weighted by atomic mass is 10.2. The Hall–Kier alpha value is -2.97. The molecule has 1 aromatic carbocycles. The number of aryl methyl sites for hydroxylation is 1. The number of aromatic hydroxyl groups is 1. The van der Waals surface area contributed by atoms with Gasteiger partial charge in [-0.05, 0) is 19.1 Å². The lowest BCUT2D eigenvalue weighted by Gasteiger charge is -2.08. The summed E-state index contributed by atoms with van der Waals surface area (Å²) in [5.41, 5.74) is -2.38. The molecule has 9 heteroatoms. The summed E-state index contributed by atoms with van der Waals surface area (Å²) in [4.78, 5) is 34.3. The average molecular weight is 281 g/mol. The molecule has 1 heterocycles. The summed E-state index contributed by atoms with van der Waals surface area (Å²) in [5, 5.41) is 20.2. The second-order valence-electron chi connectivity index (χ2n) is 3.96. The minimum absolute atomic E-state index is 0.00856. The SMILES string of the molecule is Cc1cc(-n2c(O)c(F)c(=O)[nH]c2=O)ccc1[N+](=O)[O-]. The molecule has 8 nitrogen and oxygen atoms in total. The molecule has 0 saturated heterocycles. The molecule has 0 radical (unpaired) electrons. The number of benzene rings is 1. The maximum atomic E-state index is 13.3. The molecule has 2 rings (SSSR count). The van der Waals surface area contributed by atoms with E-state index in [1.54, 1.807) is 4.98 Å². The third kappa shape index (κ3) is 2.05. The summed E-state index contributed by atoms with van der Waals surface area (Å²) < 4.78 is 13.8. The van der Waals surface area contributed by atoms with Crippen molar-refractivity contribution in [3.8, 4) is 11.6 Å². The monoisotopic (exact) mass is 281 g/mol. The number of hydrogen-bond acceptors (Lipinski definition) is 5. The number of nitrogens with one attached hydrogen (secondary N) is 1. The predicted molar refractivity (Wildman–Crippen MR) is 65.7 cm³/mol. The predicted octanol–water partition coefficient (Wildman–Crippen LogP) is 0.587. The number of aromatic nitrogens is 2. The summed E-state index contributed by atoms with van der Waals surface area (Å²) >= 11 is 0. The molecular formula is C11H8FN3O5. The fourth-order valence-electron chi connectivity index (χ4n) is 1.73. The van der Waals surface area contributed by atoms with E-state index in [2.05, 4.69) is 0 Å². The molecular weight excluding hydrogens is 273 g/mol. The van der Waals surface area contributed by atoms with Gasteiger partial charge in [0.2, 0.25) is 11.7 Å². The van der Waals surface area contributed by atoms with Gasteiger partial charge >= 0.3 is 5.69 Å². The molecule has 0 unspecified atom stereocenters. The van der Waals surface area contributed by atoms with Crippen molar-refractivity contribution in [3.63, 3.8) is 0 Å². The second-order valence-corrected chi connectivity index (χ2v) is 3.96. The Morgan fingerprint density at radius 3 is 2.60 bits per heavy atom. The van der Waals surface area contributed by atoms with Crippen LogP contribution >= 0.6 is 0 Å². The average Bonchev–Trinajstić information content (AvgIpc) is 2.36. The van der Waals surface area contributed by atoms with E-state index >= 15 is 0 Å². The van der Waals surface area contributed by atoms with E-state index in [0.717, 1.165) is 12.1 Å². The molecule has 0 fully saturated rings. The second kappa shape index (κ2) is 4.61. The first-order chi connectivity index (χ1) is 9.32. The van der Waals surface area contributed by atoms with Gasteiger partial charge in [-0.3, -0.25) is 19.9 Å². The topological polar surface area (TPSA) is 118 Å². The van der Waals surface area contributed by atoms with Crippen LogP contribution in [0.25, 0.3) is 5.69 Å². The lowest BCUT2D eigenvalue weighted by molar-refractivity contribution is -0.385. The Kier molecular flexibility index (Phi) is 3.10. The van der Waals surface area contributed by atoms with Crippen LogP contribution in [0, 0.1) is 22.9 Å². The van der Waals surface area contributed by atoms with Crippen molar-refractivity contribution in [1.29, 1.82) is 0 Å². The summed E-state index contributed by atoms with van der Waals surface area (Å²) in [5.74, 6) is -2.67. The summed E-state index contributed by atoms with van der Waals surface area (Å²) in [6, 6.07) is 3.49. The first kappa shape index (κ1) is 13.5. The number of nitrogens with zero attached hydrogens (tertiary/aromatic N) is 2. The van der Waals surface area contributed by atoms with Gasteiger partial charge in [0, 0.05) is 11.6 Å². The van der Waals surface area contributed by atoms with Crippen LogP contribution in [0.2, 0.25) is 0 Å². The van der Waals surface area contributed by atoms with E-state index in [0.29, 0.717) is 4.57 Å². The van der Waals surface area contributed by atoms with Gasteiger partial charge in [-0.2, -0.15) is 4.39 Å². The molecule has 0 amide bonds. The van der Waals surface area contributed by atoms with Crippen molar-refractivity contribution in [3.05, 3.63) is 60.5 Å². The maximum absolute atomic E-state index is 13.3. The van der Waals surface area contributed by atoms with E-state index in [9.17, 15) is 29.2 Å². The smallest absolute Gasteiger partial charge is 0.335 e. The van der Waals surface area contributed by atoms with Crippen LogP contribution in [0.1, 0.15) is 5.56 Å². The summed E-state index contributed by atoms with van der Waals surface area (Å²) in [6.07, 6.45) is 0. The van der Waals surface area contributed by atoms with Gasteiger partial charge in [-0.1, -0.05) is 0 Å². The summed E-state index contributed by atoms with van der Waals surface area (Å²) in [7, 11) is 0. The molecule has 104 valence electrons. The molecule has 1 aromatic heterocycles. The fourth-order valence-corrected chi connectivity index (χ4v) is 1.73. The molecule has 0 aliphatic rings. The minimum atomic E-state index is -1.51. The summed E-state index contributed by atoms with van der Waals surface area (Å²) in [6.45, 7) is 1.42. The molecule has 0 aliphatic heterocycles. The highest BCUT2D eigenvalue weighted by Gasteiger charge is 2.17. The van der Waals surface area contributed by atoms with Crippen molar-refractivity contribution in [2.24, 2.45) is 0 Å². The van der Waals surface area contributed by atoms with Gasteiger partial charge in [0.1, 0.15) is 0 Å². The highest BCUT2D eigenvalue weighted by Crippen LogP contribution is 2.22. The Morgan fingerprint density at radius 1 is 1.40 bits per heavy atom. The van der Waals surface area contributed by atoms with Gasteiger partial charge in [0.05, 0.1) is 10.6 Å². The van der Waals surface area contributed by atoms with Gasteiger partial charge in [-0.25, -0.2) is 9.36 Å². The molecule has 20 heavy (non-hydrogen) atoms. The standard InChI is InChI=1S/C11H8FN3O5/c1-5-4-6(2-3-7(5)15(19)20)14-10(17)8(12)9(16)13-11(14)18/h2-4,17H,1H3,(H,13,16,18). The van der Waals surface area contributed by atoms with Crippen LogP contribution in [0.4, 0.5) is 10.1 Å². The normalized spacial score (nSPS) is 10.5. The Balaban J connectivity index is 2.73. The number of nitro groups is 1. The largest absolute Gasteiger partial charge is 0.492 e. The van der Waals surface area contributed by atoms with Crippen molar-refractivity contribution in [2.45, 2.75) is 6.92 Å². The molecule has 0 atom stereocenters. The van der Waals surface area contributed by atoms with Gasteiger partial charge in [-0.15, -0.1) is 0 Å². The first-order valence-corrected chi connectivity index (χ1v) is 5.32. The number of halogens is 1. The van der Waals surface area contributed by atoms with Crippen LogP contribution in [0.5, 0.6) is 5.88 Å². The number of nitro benzene ring substituents is 1. The third-order valence-corrected chi connectivity index (χ3v) is 2.67. The van der Waals surface area contributed by atoms with Crippen LogP contribution in [0.3, 0.4) is 0 Å². The first-order valence-electron chi connectivity index (χ1n) is 5.32.